The first-order valence-corrected chi connectivity index (χ1v) is 12.1. The molecule has 0 aliphatic rings. The van der Waals surface area contributed by atoms with Crippen molar-refractivity contribution in [1.29, 1.82) is 0 Å². The largest absolute Gasteiger partial charge is 0.316 e. The van der Waals surface area contributed by atoms with E-state index in [2.05, 4.69) is 4.99 Å². The molecule has 9 heteroatoms. The minimum atomic E-state index is -3.58. The number of nitrogens with zero attached hydrogens (tertiary/aromatic N) is 3. The van der Waals surface area contributed by atoms with Crippen molar-refractivity contribution < 1.29 is 17.6 Å². The van der Waals surface area contributed by atoms with Gasteiger partial charge in [-0.1, -0.05) is 32.1 Å². The van der Waals surface area contributed by atoms with Gasteiger partial charge in [0, 0.05) is 25.2 Å². The SMILES string of the molecule is CCCn1c(=NC(=O)c2ccc(S(=O)(=O)N(CC)CC)cc2)sc2cc(F)ccc21. The van der Waals surface area contributed by atoms with Gasteiger partial charge in [0.25, 0.3) is 5.91 Å². The van der Waals surface area contributed by atoms with E-state index in [9.17, 15) is 17.6 Å². The van der Waals surface area contributed by atoms with Crippen LogP contribution in [-0.4, -0.2) is 36.3 Å². The molecule has 3 rings (SSSR count). The first-order chi connectivity index (χ1) is 14.3. The molecule has 0 N–H and O–H groups in total. The molecule has 0 saturated heterocycles. The zero-order valence-corrected chi connectivity index (χ0v) is 18.8. The van der Waals surface area contributed by atoms with Crippen LogP contribution in [0.15, 0.2) is 52.4 Å². The highest BCUT2D eigenvalue weighted by Crippen LogP contribution is 2.20. The van der Waals surface area contributed by atoms with Crippen LogP contribution in [0.2, 0.25) is 0 Å². The van der Waals surface area contributed by atoms with Gasteiger partial charge in [-0.25, -0.2) is 12.8 Å². The lowest BCUT2D eigenvalue weighted by Gasteiger charge is -2.18. The number of amides is 1. The number of rotatable bonds is 7. The molecule has 0 atom stereocenters. The van der Waals surface area contributed by atoms with Crippen molar-refractivity contribution in [1.82, 2.24) is 8.87 Å². The van der Waals surface area contributed by atoms with Crippen LogP contribution >= 0.6 is 11.3 Å². The first kappa shape index (κ1) is 22.3. The van der Waals surface area contributed by atoms with Crippen molar-refractivity contribution in [2.75, 3.05) is 13.1 Å². The molecule has 1 amide bonds. The van der Waals surface area contributed by atoms with E-state index in [0.717, 1.165) is 16.6 Å². The fourth-order valence-electron chi connectivity index (χ4n) is 3.21. The number of carbonyl (C=O) groups excluding carboxylic acids is 1. The van der Waals surface area contributed by atoms with Gasteiger partial charge in [0.05, 0.1) is 15.1 Å². The molecule has 2 aromatic carbocycles. The molecule has 0 unspecified atom stereocenters. The van der Waals surface area contributed by atoms with Crippen LogP contribution in [0.5, 0.6) is 0 Å². The van der Waals surface area contributed by atoms with Crippen LogP contribution in [0.1, 0.15) is 37.6 Å². The molecule has 0 saturated carbocycles. The Morgan fingerprint density at radius 1 is 1.10 bits per heavy atom. The first-order valence-electron chi connectivity index (χ1n) is 9.80. The molecule has 1 heterocycles. The minimum Gasteiger partial charge on any atom is -0.316 e. The van der Waals surface area contributed by atoms with Crippen molar-refractivity contribution in [3.8, 4) is 0 Å². The average Bonchev–Trinajstić information content (AvgIpc) is 3.05. The van der Waals surface area contributed by atoms with Gasteiger partial charge in [-0.15, -0.1) is 0 Å². The van der Waals surface area contributed by atoms with Gasteiger partial charge in [-0.05, 0) is 48.9 Å². The summed E-state index contributed by atoms with van der Waals surface area (Å²) in [5, 5.41) is 0. The summed E-state index contributed by atoms with van der Waals surface area (Å²) >= 11 is 1.25. The van der Waals surface area contributed by atoms with E-state index in [1.54, 1.807) is 19.9 Å². The fourth-order valence-corrected chi connectivity index (χ4v) is 5.74. The van der Waals surface area contributed by atoms with Crippen LogP contribution in [0.25, 0.3) is 10.2 Å². The molecule has 0 aliphatic carbocycles. The number of aromatic nitrogens is 1. The molecule has 3 aromatic rings. The lowest BCUT2D eigenvalue weighted by molar-refractivity contribution is 0.0997. The predicted octanol–water partition coefficient (Wildman–Crippen LogP) is 4.02. The van der Waals surface area contributed by atoms with Gasteiger partial charge in [0.1, 0.15) is 5.82 Å². The zero-order valence-electron chi connectivity index (χ0n) is 17.1. The van der Waals surface area contributed by atoms with Crippen molar-refractivity contribution in [2.45, 2.75) is 38.6 Å². The number of hydrogen-bond donors (Lipinski definition) is 0. The van der Waals surface area contributed by atoms with E-state index in [1.165, 1.54) is 52.0 Å². The lowest BCUT2D eigenvalue weighted by atomic mass is 10.2. The molecule has 0 aliphatic heterocycles. The number of aryl methyl sites for hydroxylation is 1. The van der Waals surface area contributed by atoms with Crippen molar-refractivity contribution in [3.63, 3.8) is 0 Å². The van der Waals surface area contributed by atoms with Crippen LogP contribution in [0, 0.1) is 5.82 Å². The molecule has 0 bridgehead atoms. The summed E-state index contributed by atoms with van der Waals surface area (Å²) in [6.07, 6.45) is 0.836. The maximum absolute atomic E-state index is 13.6. The Bertz CT molecular complexity index is 1220. The summed E-state index contributed by atoms with van der Waals surface area (Å²) in [6, 6.07) is 10.3. The number of halogens is 1. The van der Waals surface area contributed by atoms with Crippen LogP contribution in [0.3, 0.4) is 0 Å². The highest BCUT2D eigenvalue weighted by molar-refractivity contribution is 7.89. The number of thiazole rings is 1. The molecular weight excluding hydrogens is 425 g/mol. The molecule has 160 valence electrons. The van der Waals surface area contributed by atoms with E-state index >= 15 is 0 Å². The van der Waals surface area contributed by atoms with Gasteiger partial charge >= 0.3 is 0 Å². The smallest absolute Gasteiger partial charge is 0.279 e. The van der Waals surface area contributed by atoms with Crippen molar-refractivity contribution in [3.05, 3.63) is 58.6 Å². The standard InChI is InChI=1S/C21H24FN3O3S2/c1-4-13-25-18-12-9-16(22)14-19(18)29-21(25)23-20(26)15-7-10-17(11-8-15)30(27,28)24(5-2)6-3/h7-12,14H,4-6,13H2,1-3H3. The summed E-state index contributed by atoms with van der Waals surface area (Å²) < 4.78 is 42.7. The Morgan fingerprint density at radius 3 is 2.37 bits per heavy atom. The third-order valence-electron chi connectivity index (χ3n) is 4.73. The molecule has 1 aromatic heterocycles. The van der Waals surface area contributed by atoms with Crippen LogP contribution in [0.4, 0.5) is 4.39 Å². The summed E-state index contributed by atoms with van der Waals surface area (Å²) in [4.78, 5) is 17.6. The minimum absolute atomic E-state index is 0.140. The molecule has 6 nitrogen and oxygen atoms in total. The normalized spacial score (nSPS) is 12.8. The van der Waals surface area contributed by atoms with E-state index in [0.29, 0.717) is 30.0 Å². The Kier molecular flexibility index (Phi) is 6.84. The zero-order chi connectivity index (χ0) is 21.9. The second kappa shape index (κ2) is 9.20. The van der Waals surface area contributed by atoms with Crippen LogP contribution in [-0.2, 0) is 16.6 Å². The van der Waals surface area contributed by atoms with Crippen LogP contribution < -0.4 is 4.80 Å². The van der Waals surface area contributed by atoms with Gasteiger partial charge in [-0.2, -0.15) is 9.30 Å². The third-order valence-corrected chi connectivity index (χ3v) is 7.84. The van der Waals surface area contributed by atoms with Gasteiger partial charge in [0.15, 0.2) is 4.80 Å². The number of hydrogen-bond acceptors (Lipinski definition) is 4. The van der Waals surface area contributed by atoms with Gasteiger partial charge in [0.2, 0.25) is 10.0 Å². The maximum atomic E-state index is 13.6. The van der Waals surface area contributed by atoms with E-state index < -0.39 is 15.9 Å². The maximum Gasteiger partial charge on any atom is 0.279 e. The molecule has 0 fully saturated rings. The molecule has 0 radical (unpaired) electrons. The van der Waals surface area contributed by atoms with E-state index in [4.69, 9.17) is 0 Å². The number of benzene rings is 2. The number of carbonyl (C=O) groups is 1. The average molecular weight is 450 g/mol. The molecule has 0 spiro atoms. The lowest BCUT2D eigenvalue weighted by Crippen LogP contribution is -2.30. The Hall–Kier alpha value is -2.36. The third kappa shape index (κ3) is 4.38. The highest BCUT2D eigenvalue weighted by Gasteiger charge is 2.21. The highest BCUT2D eigenvalue weighted by atomic mass is 32.2. The van der Waals surface area contributed by atoms with Gasteiger partial charge < -0.3 is 4.57 Å². The number of sulfonamides is 1. The molecular formula is C21H24FN3O3S2. The summed E-state index contributed by atoms with van der Waals surface area (Å²) in [7, 11) is -3.58. The summed E-state index contributed by atoms with van der Waals surface area (Å²) in [5.74, 6) is -0.811. The van der Waals surface area contributed by atoms with Crippen molar-refractivity contribution >= 4 is 37.5 Å². The topological polar surface area (TPSA) is 71.7 Å². The van der Waals surface area contributed by atoms with Crippen molar-refractivity contribution in [2.24, 2.45) is 4.99 Å². The second-order valence-electron chi connectivity index (χ2n) is 6.68. The quantitative estimate of drug-likeness (QED) is 0.547. The predicted molar refractivity (Wildman–Crippen MR) is 117 cm³/mol. The second-order valence-corrected chi connectivity index (χ2v) is 9.63. The van der Waals surface area contributed by atoms with Gasteiger partial charge in [-0.3, -0.25) is 4.79 Å². The summed E-state index contributed by atoms with van der Waals surface area (Å²) in [5.41, 5.74) is 1.12. The Morgan fingerprint density at radius 2 is 1.77 bits per heavy atom. The number of fused-ring (bicyclic) bond motifs is 1. The Balaban J connectivity index is 1.98. The Labute approximate surface area is 179 Å². The monoisotopic (exact) mass is 449 g/mol. The summed E-state index contributed by atoms with van der Waals surface area (Å²) in [6.45, 7) is 6.97. The molecule has 30 heavy (non-hydrogen) atoms. The van der Waals surface area contributed by atoms with E-state index in [-0.39, 0.29) is 10.7 Å². The fraction of sp³-hybridized carbons (Fsp3) is 0.333. The van der Waals surface area contributed by atoms with E-state index in [1.807, 2.05) is 11.5 Å².